The van der Waals surface area contributed by atoms with Gasteiger partial charge in [0.15, 0.2) is 0 Å². The lowest BCUT2D eigenvalue weighted by Gasteiger charge is -2.40. The van der Waals surface area contributed by atoms with E-state index in [0.29, 0.717) is 5.69 Å². The Balaban J connectivity index is 2.05. The van der Waals surface area contributed by atoms with Crippen molar-refractivity contribution in [3.63, 3.8) is 0 Å². The van der Waals surface area contributed by atoms with Gasteiger partial charge in [0, 0.05) is 5.69 Å². The molecule has 0 amide bonds. The van der Waals surface area contributed by atoms with Crippen LogP contribution in [0.5, 0.6) is 0 Å². The van der Waals surface area contributed by atoms with Crippen molar-refractivity contribution in [1.29, 1.82) is 0 Å². The van der Waals surface area contributed by atoms with Crippen LogP contribution in [-0.4, -0.2) is 14.7 Å². The van der Waals surface area contributed by atoms with Gasteiger partial charge >= 0.3 is 0 Å². The number of benzene rings is 2. The van der Waals surface area contributed by atoms with Crippen molar-refractivity contribution in [3.8, 4) is 0 Å². The Morgan fingerprint density at radius 2 is 1.83 bits per heavy atom. The van der Waals surface area contributed by atoms with E-state index in [1.165, 1.54) is 17.4 Å². The Morgan fingerprint density at radius 3 is 2.54 bits per heavy atom. The van der Waals surface area contributed by atoms with Crippen molar-refractivity contribution >= 4 is 21.4 Å². The minimum atomic E-state index is -3.31. The first-order valence-corrected chi connectivity index (χ1v) is 10.00. The fourth-order valence-corrected chi connectivity index (χ4v) is 4.14. The molecule has 5 heteroatoms. The van der Waals surface area contributed by atoms with Crippen molar-refractivity contribution in [1.82, 2.24) is 0 Å². The van der Waals surface area contributed by atoms with Gasteiger partial charge in [-0.15, -0.1) is 0 Å². The van der Waals surface area contributed by atoms with Crippen LogP contribution in [0.15, 0.2) is 42.5 Å². The van der Waals surface area contributed by atoms with Gasteiger partial charge in [0.05, 0.1) is 18.0 Å². The molecule has 1 aliphatic rings. The molecule has 0 radical (unpaired) electrons. The van der Waals surface area contributed by atoms with E-state index in [4.69, 9.17) is 0 Å². The summed E-state index contributed by atoms with van der Waals surface area (Å²) in [4.78, 5) is 0. The number of hydrogen-bond acceptors (Lipinski definition) is 3. The van der Waals surface area contributed by atoms with E-state index >= 15 is 0 Å². The maximum absolute atomic E-state index is 11.7. The van der Waals surface area contributed by atoms with Crippen molar-refractivity contribution < 1.29 is 8.42 Å². The van der Waals surface area contributed by atoms with Crippen LogP contribution in [0.2, 0.25) is 0 Å². The monoisotopic (exact) mass is 344 g/mol. The summed E-state index contributed by atoms with van der Waals surface area (Å²) >= 11 is 0. The summed E-state index contributed by atoms with van der Waals surface area (Å²) in [6.07, 6.45) is 2.08. The highest BCUT2D eigenvalue weighted by atomic mass is 32.2. The lowest BCUT2D eigenvalue weighted by atomic mass is 9.73. The van der Waals surface area contributed by atoms with E-state index in [2.05, 4.69) is 49.0 Å². The van der Waals surface area contributed by atoms with E-state index in [9.17, 15) is 8.42 Å². The quantitative estimate of drug-likeness (QED) is 0.877. The van der Waals surface area contributed by atoms with Gasteiger partial charge in [0.2, 0.25) is 10.0 Å². The number of nitrogens with one attached hydrogen (secondary N) is 2. The molecule has 2 aromatic carbocycles. The largest absolute Gasteiger partial charge is 0.378 e. The highest BCUT2D eigenvalue weighted by Gasteiger charge is 2.34. The SMILES string of the molecule is Cc1cccc2c1NC(c1ccccc1NS(C)(=O)=O)CC2(C)C. The third-order valence-corrected chi connectivity index (χ3v) is 5.26. The first kappa shape index (κ1) is 16.8. The number of para-hydroxylation sites is 2. The van der Waals surface area contributed by atoms with Crippen LogP contribution < -0.4 is 10.0 Å². The molecule has 2 N–H and O–H groups in total. The number of anilines is 2. The molecule has 1 unspecified atom stereocenters. The maximum atomic E-state index is 11.7. The lowest BCUT2D eigenvalue weighted by molar-refractivity contribution is 0.427. The molecule has 0 saturated heterocycles. The number of rotatable bonds is 3. The molecule has 3 rings (SSSR count). The average molecular weight is 344 g/mol. The topological polar surface area (TPSA) is 58.2 Å². The third-order valence-electron chi connectivity index (χ3n) is 4.67. The minimum absolute atomic E-state index is 0.00940. The van der Waals surface area contributed by atoms with E-state index in [1.807, 2.05) is 24.3 Å². The summed E-state index contributed by atoms with van der Waals surface area (Å²) in [6.45, 7) is 6.59. The molecule has 4 nitrogen and oxygen atoms in total. The molecule has 0 saturated carbocycles. The minimum Gasteiger partial charge on any atom is -0.378 e. The van der Waals surface area contributed by atoms with Gasteiger partial charge in [-0.3, -0.25) is 4.72 Å². The van der Waals surface area contributed by atoms with Crippen molar-refractivity contribution in [2.75, 3.05) is 16.3 Å². The van der Waals surface area contributed by atoms with Crippen LogP contribution in [0.1, 0.15) is 43.0 Å². The number of sulfonamides is 1. The van der Waals surface area contributed by atoms with Crippen LogP contribution in [0, 0.1) is 6.92 Å². The second kappa shape index (κ2) is 5.81. The predicted molar refractivity (Wildman–Crippen MR) is 100 cm³/mol. The Kier molecular flexibility index (Phi) is 4.08. The predicted octanol–water partition coefficient (Wildman–Crippen LogP) is 4.20. The molecule has 2 aromatic rings. The van der Waals surface area contributed by atoms with Crippen LogP contribution in [-0.2, 0) is 15.4 Å². The highest BCUT2D eigenvalue weighted by Crippen LogP contribution is 2.46. The van der Waals surface area contributed by atoms with Gasteiger partial charge in [0.1, 0.15) is 0 Å². The van der Waals surface area contributed by atoms with Crippen molar-refractivity contribution in [2.24, 2.45) is 0 Å². The van der Waals surface area contributed by atoms with E-state index < -0.39 is 10.0 Å². The molecule has 24 heavy (non-hydrogen) atoms. The molecular formula is C19H24N2O2S. The number of aryl methyl sites for hydroxylation is 1. The van der Waals surface area contributed by atoms with Crippen molar-refractivity contribution in [2.45, 2.75) is 38.6 Å². The molecule has 0 fully saturated rings. The molecular weight excluding hydrogens is 320 g/mol. The molecule has 0 aromatic heterocycles. The van der Waals surface area contributed by atoms with Crippen molar-refractivity contribution in [3.05, 3.63) is 59.2 Å². The molecule has 1 aliphatic heterocycles. The third kappa shape index (κ3) is 3.26. The summed E-state index contributed by atoms with van der Waals surface area (Å²) in [6, 6.07) is 14.0. The van der Waals surface area contributed by atoms with Gasteiger partial charge in [-0.25, -0.2) is 8.42 Å². The highest BCUT2D eigenvalue weighted by molar-refractivity contribution is 7.92. The summed E-state index contributed by atoms with van der Waals surface area (Å²) in [5.41, 5.74) is 5.31. The summed E-state index contributed by atoms with van der Waals surface area (Å²) in [5.74, 6) is 0. The Labute approximate surface area is 144 Å². The van der Waals surface area contributed by atoms with Crippen LogP contribution >= 0.6 is 0 Å². The smallest absolute Gasteiger partial charge is 0.229 e. The molecule has 128 valence electrons. The van der Waals surface area contributed by atoms with Crippen LogP contribution in [0.25, 0.3) is 0 Å². The summed E-state index contributed by atoms with van der Waals surface area (Å²) in [7, 11) is -3.31. The lowest BCUT2D eigenvalue weighted by Crippen LogP contribution is -2.32. The second-order valence-corrected chi connectivity index (χ2v) is 8.99. The first-order valence-electron chi connectivity index (χ1n) is 8.11. The van der Waals surface area contributed by atoms with E-state index in [0.717, 1.165) is 17.7 Å². The fraction of sp³-hybridized carbons (Fsp3) is 0.368. The van der Waals surface area contributed by atoms with Gasteiger partial charge in [0.25, 0.3) is 0 Å². The molecule has 1 heterocycles. The zero-order chi connectivity index (χ0) is 17.5. The second-order valence-electron chi connectivity index (χ2n) is 7.24. The average Bonchev–Trinajstić information content (AvgIpc) is 2.46. The molecule has 0 aliphatic carbocycles. The van der Waals surface area contributed by atoms with Gasteiger partial charge in [-0.1, -0.05) is 50.2 Å². The number of fused-ring (bicyclic) bond motifs is 1. The summed E-state index contributed by atoms with van der Waals surface area (Å²) in [5, 5.41) is 3.63. The Morgan fingerprint density at radius 1 is 1.12 bits per heavy atom. The normalized spacial score (nSPS) is 19.2. The molecule has 1 atom stereocenters. The molecule has 0 spiro atoms. The fourth-order valence-electron chi connectivity index (χ4n) is 3.55. The first-order chi connectivity index (χ1) is 11.2. The van der Waals surface area contributed by atoms with Crippen LogP contribution in [0.3, 0.4) is 0 Å². The zero-order valence-corrected chi connectivity index (χ0v) is 15.4. The van der Waals surface area contributed by atoms with E-state index in [-0.39, 0.29) is 11.5 Å². The molecule has 0 bridgehead atoms. The van der Waals surface area contributed by atoms with Crippen LogP contribution in [0.4, 0.5) is 11.4 Å². The maximum Gasteiger partial charge on any atom is 0.229 e. The zero-order valence-electron chi connectivity index (χ0n) is 14.6. The standard InChI is InChI=1S/C19H24N2O2S/c1-13-8-7-10-15-18(13)20-17(12-19(15,2)3)14-9-5-6-11-16(14)21-24(4,22)23/h5-11,17,20-21H,12H2,1-4H3. The van der Waals surface area contributed by atoms with Gasteiger partial charge in [-0.05, 0) is 41.5 Å². The Hall–Kier alpha value is -2.01. The van der Waals surface area contributed by atoms with E-state index in [1.54, 1.807) is 0 Å². The number of hydrogen-bond donors (Lipinski definition) is 2. The Bertz CT molecular complexity index is 873. The summed E-state index contributed by atoms with van der Waals surface area (Å²) < 4.78 is 26.0. The van der Waals surface area contributed by atoms with Gasteiger partial charge < -0.3 is 5.32 Å². The van der Waals surface area contributed by atoms with Gasteiger partial charge in [-0.2, -0.15) is 0 Å².